The summed E-state index contributed by atoms with van der Waals surface area (Å²) in [6.07, 6.45) is -0.841. The summed E-state index contributed by atoms with van der Waals surface area (Å²) in [4.78, 5) is 36.7. The van der Waals surface area contributed by atoms with Crippen LogP contribution in [0.15, 0.2) is 24.3 Å². The zero-order chi connectivity index (χ0) is 20.3. The highest BCUT2D eigenvalue weighted by atomic mass is 31.2. The lowest BCUT2D eigenvalue weighted by molar-refractivity contribution is -0.161. The molecule has 0 spiro atoms. The fraction of sp³-hybridized carbons (Fsp3) is 0.600. The zero-order valence-corrected chi connectivity index (χ0v) is 16.6. The summed E-state index contributed by atoms with van der Waals surface area (Å²) in [5.74, 6) is 0. The molecule has 0 saturated carbocycles. The van der Waals surface area contributed by atoms with Gasteiger partial charge in [-0.2, -0.15) is 0 Å². The van der Waals surface area contributed by atoms with Crippen LogP contribution in [-0.4, -0.2) is 62.7 Å². The van der Waals surface area contributed by atoms with Crippen molar-refractivity contribution in [3.63, 3.8) is 0 Å². The number of aryl methyl sites for hydroxylation is 1. The van der Waals surface area contributed by atoms with Gasteiger partial charge in [0.2, 0.25) is 0 Å². The van der Waals surface area contributed by atoms with Crippen LogP contribution in [0.2, 0.25) is 0 Å². The highest BCUT2D eigenvalue weighted by molar-refractivity contribution is 7.72. The molecule has 12 heteroatoms. The Morgan fingerprint density at radius 1 is 1.15 bits per heavy atom. The summed E-state index contributed by atoms with van der Waals surface area (Å²) in [6.45, 7) is 2.84. The molecule has 1 saturated heterocycles. The molecule has 1 unspecified atom stereocenters. The Bertz CT molecular complexity index is 717. The maximum atomic E-state index is 11.4. The van der Waals surface area contributed by atoms with Gasteiger partial charge in [-0.3, -0.25) is 9.13 Å². The Morgan fingerprint density at radius 2 is 1.78 bits per heavy atom. The summed E-state index contributed by atoms with van der Waals surface area (Å²) in [6, 6.07) is 7.52. The third-order valence-corrected chi connectivity index (χ3v) is 8.43. The van der Waals surface area contributed by atoms with E-state index in [0.717, 1.165) is 11.1 Å². The molecule has 0 radical (unpaired) electrons. The number of nitrogens with one attached hydrogen (secondary N) is 1. The second-order valence-corrected chi connectivity index (χ2v) is 10.5. The molecule has 0 aliphatic carbocycles. The van der Waals surface area contributed by atoms with Crippen molar-refractivity contribution in [2.24, 2.45) is 0 Å². The summed E-state index contributed by atoms with van der Waals surface area (Å²) in [7, 11) is -10.9. The molecule has 1 aromatic carbocycles. The monoisotopic (exact) mass is 425 g/mol. The molecule has 27 heavy (non-hydrogen) atoms. The van der Waals surface area contributed by atoms with E-state index in [1.54, 1.807) is 0 Å². The lowest BCUT2D eigenvalue weighted by Crippen LogP contribution is -2.49. The van der Waals surface area contributed by atoms with Crippen molar-refractivity contribution in [1.82, 2.24) is 5.32 Å². The average molecular weight is 425 g/mol. The first-order valence-electron chi connectivity index (χ1n) is 8.25. The third-order valence-electron chi connectivity index (χ3n) is 4.56. The van der Waals surface area contributed by atoms with E-state index in [2.05, 4.69) is 5.32 Å². The van der Waals surface area contributed by atoms with Crippen molar-refractivity contribution in [3.05, 3.63) is 35.4 Å². The van der Waals surface area contributed by atoms with Crippen LogP contribution in [0.3, 0.4) is 0 Å². The van der Waals surface area contributed by atoms with E-state index >= 15 is 0 Å². The molecular weight excluding hydrogens is 400 g/mol. The molecule has 10 nitrogen and oxygen atoms in total. The SMILES string of the molecule is Cc1ccccc1C1(CNCCC(O)(P(=O)(O)O)P(=O)(O)O)COCCO1. The molecule has 1 heterocycles. The van der Waals surface area contributed by atoms with Gasteiger partial charge in [0.1, 0.15) is 5.60 Å². The fourth-order valence-corrected chi connectivity index (χ4v) is 5.18. The highest BCUT2D eigenvalue weighted by Gasteiger charge is 2.58. The van der Waals surface area contributed by atoms with Gasteiger partial charge in [-0.05, 0) is 24.6 Å². The van der Waals surface area contributed by atoms with Crippen LogP contribution in [0.25, 0.3) is 0 Å². The van der Waals surface area contributed by atoms with E-state index in [1.807, 2.05) is 31.2 Å². The fourth-order valence-electron chi connectivity index (χ4n) is 3.02. The average Bonchev–Trinajstić information content (AvgIpc) is 2.57. The van der Waals surface area contributed by atoms with E-state index in [4.69, 9.17) is 9.47 Å². The highest BCUT2D eigenvalue weighted by Crippen LogP contribution is 2.68. The van der Waals surface area contributed by atoms with Gasteiger partial charge in [0.05, 0.1) is 19.8 Å². The van der Waals surface area contributed by atoms with E-state index in [9.17, 15) is 33.8 Å². The Kier molecular flexibility index (Phi) is 7.03. The van der Waals surface area contributed by atoms with Crippen LogP contribution in [0.4, 0.5) is 0 Å². The van der Waals surface area contributed by atoms with E-state index < -0.39 is 32.3 Å². The Morgan fingerprint density at radius 3 is 2.30 bits per heavy atom. The summed E-state index contributed by atoms with van der Waals surface area (Å²) in [5, 5.41) is 9.36. The minimum absolute atomic E-state index is 0.163. The van der Waals surface area contributed by atoms with Gasteiger partial charge in [0, 0.05) is 13.0 Å². The van der Waals surface area contributed by atoms with Gasteiger partial charge in [0.15, 0.2) is 0 Å². The van der Waals surface area contributed by atoms with Crippen molar-refractivity contribution in [2.75, 3.05) is 32.9 Å². The van der Waals surface area contributed by atoms with Crippen LogP contribution in [0, 0.1) is 6.92 Å². The molecule has 0 bridgehead atoms. The van der Waals surface area contributed by atoms with Crippen molar-refractivity contribution in [1.29, 1.82) is 0 Å². The molecule has 154 valence electrons. The van der Waals surface area contributed by atoms with Crippen LogP contribution in [0.5, 0.6) is 0 Å². The largest absolute Gasteiger partial charge is 0.376 e. The van der Waals surface area contributed by atoms with E-state index in [0.29, 0.717) is 13.2 Å². The van der Waals surface area contributed by atoms with E-state index in [1.165, 1.54) is 0 Å². The Hall–Kier alpha value is -0.640. The lowest BCUT2D eigenvalue weighted by atomic mass is 9.90. The van der Waals surface area contributed by atoms with Crippen LogP contribution < -0.4 is 5.32 Å². The van der Waals surface area contributed by atoms with Gasteiger partial charge in [-0.15, -0.1) is 0 Å². The maximum absolute atomic E-state index is 11.4. The van der Waals surface area contributed by atoms with Crippen molar-refractivity contribution in [3.8, 4) is 0 Å². The van der Waals surface area contributed by atoms with E-state index in [-0.39, 0.29) is 19.7 Å². The number of aliphatic hydroxyl groups is 1. The maximum Gasteiger partial charge on any atom is 0.369 e. The second-order valence-electron chi connectivity index (χ2n) is 6.50. The summed E-state index contributed by atoms with van der Waals surface area (Å²) in [5.41, 5.74) is 0.982. The van der Waals surface area contributed by atoms with Gasteiger partial charge in [-0.25, -0.2) is 0 Å². The van der Waals surface area contributed by atoms with Crippen LogP contribution in [-0.2, 0) is 24.2 Å². The molecule has 1 fully saturated rings. The zero-order valence-electron chi connectivity index (χ0n) is 14.8. The van der Waals surface area contributed by atoms with Crippen molar-refractivity contribution < 1.29 is 43.3 Å². The number of rotatable bonds is 8. The first kappa shape index (κ1) is 22.6. The predicted octanol–water partition coefficient (Wildman–Crippen LogP) is 0.218. The van der Waals surface area contributed by atoms with Crippen molar-refractivity contribution >= 4 is 15.2 Å². The first-order valence-corrected chi connectivity index (χ1v) is 11.5. The number of ether oxygens (including phenoxy) is 2. The van der Waals surface area contributed by atoms with Gasteiger partial charge >= 0.3 is 15.2 Å². The third kappa shape index (κ3) is 4.86. The quantitative estimate of drug-likeness (QED) is 0.251. The molecular formula is C15H25NO9P2. The Balaban J connectivity index is 2.12. The minimum atomic E-state index is -5.47. The van der Waals surface area contributed by atoms with Gasteiger partial charge < -0.3 is 39.5 Å². The molecule has 0 amide bonds. The lowest BCUT2D eigenvalue weighted by Gasteiger charge is -2.39. The number of hydrogen-bond acceptors (Lipinski definition) is 6. The number of hydrogen-bond donors (Lipinski definition) is 6. The van der Waals surface area contributed by atoms with Crippen molar-refractivity contribution in [2.45, 2.75) is 24.0 Å². The van der Waals surface area contributed by atoms with Gasteiger partial charge in [-0.1, -0.05) is 24.3 Å². The van der Waals surface area contributed by atoms with Gasteiger partial charge in [0.25, 0.3) is 5.08 Å². The normalized spacial score (nSPS) is 22.0. The molecule has 0 aromatic heterocycles. The summed E-state index contributed by atoms with van der Waals surface area (Å²) >= 11 is 0. The molecule has 1 aliphatic heterocycles. The molecule has 6 N–H and O–H groups in total. The first-order chi connectivity index (χ1) is 12.4. The van der Waals surface area contributed by atoms with Crippen LogP contribution >= 0.6 is 15.2 Å². The smallest absolute Gasteiger partial charge is 0.369 e. The molecule has 1 atom stereocenters. The number of benzene rings is 1. The summed E-state index contributed by atoms with van der Waals surface area (Å²) < 4.78 is 34.3. The standard InChI is InChI=1S/C15H25NO9P2/c1-12-4-2-3-5-13(12)14(11-24-8-9-25-14)10-16-7-6-15(17,26(18,19)20)27(21,22)23/h2-5,16-17H,6-11H2,1H3,(H2,18,19,20)(H2,21,22,23). The molecule has 2 rings (SSSR count). The molecule has 1 aromatic rings. The molecule has 1 aliphatic rings. The van der Waals surface area contributed by atoms with Crippen LogP contribution in [0.1, 0.15) is 17.5 Å². The Labute approximate surface area is 156 Å². The minimum Gasteiger partial charge on any atom is -0.376 e. The topological polar surface area (TPSA) is 166 Å². The second kappa shape index (κ2) is 8.39. The predicted molar refractivity (Wildman–Crippen MR) is 96.2 cm³/mol.